The van der Waals surface area contributed by atoms with Gasteiger partial charge in [-0.1, -0.05) is 0 Å². The zero-order valence-electron chi connectivity index (χ0n) is 17.1. The molecule has 0 amide bonds. The van der Waals surface area contributed by atoms with Gasteiger partial charge in [0.2, 0.25) is 0 Å². The molecule has 168 valence electrons. The molecule has 0 radical (unpaired) electrons. The van der Waals surface area contributed by atoms with Crippen molar-refractivity contribution in [2.45, 2.75) is 44.6 Å². The number of likely N-dealkylation sites (tertiary alicyclic amines) is 1. The highest BCUT2D eigenvalue weighted by Gasteiger charge is 2.55. The molecule has 1 aromatic heterocycles. The van der Waals surface area contributed by atoms with Gasteiger partial charge in [0, 0.05) is 36.3 Å². The highest BCUT2D eigenvalue weighted by Crippen LogP contribution is 2.52. The van der Waals surface area contributed by atoms with Gasteiger partial charge < -0.3 is 15.2 Å². The van der Waals surface area contributed by atoms with Crippen molar-refractivity contribution in [2.75, 3.05) is 26.2 Å². The number of thiazole rings is 1. The molecular weight excluding hydrogens is 430 g/mol. The number of hydrogen-bond acceptors (Lipinski definition) is 8. The van der Waals surface area contributed by atoms with E-state index in [1.807, 2.05) is 0 Å². The first-order chi connectivity index (χ1) is 14.7. The van der Waals surface area contributed by atoms with Crippen LogP contribution >= 0.6 is 11.3 Å². The number of carbonyl (C=O) groups excluding carboxylic acids is 1. The Balaban J connectivity index is 1.57. The predicted octanol–water partition coefficient (Wildman–Crippen LogP) is 2.27. The molecule has 1 unspecified atom stereocenters. The summed E-state index contributed by atoms with van der Waals surface area (Å²) in [4.78, 5) is 34.2. The largest absolute Gasteiger partial charge is 0.481 e. The minimum Gasteiger partial charge on any atom is -0.481 e. The molecule has 4 rings (SSSR count). The van der Waals surface area contributed by atoms with Crippen LogP contribution in [-0.4, -0.2) is 71.0 Å². The molecule has 31 heavy (non-hydrogen) atoms. The fourth-order valence-electron chi connectivity index (χ4n) is 4.18. The summed E-state index contributed by atoms with van der Waals surface area (Å²) in [5, 5.41) is 15.0. The third-order valence-electron chi connectivity index (χ3n) is 5.97. The van der Waals surface area contributed by atoms with Crippen molar-refractivity contribution in [1.82, 2.24) is 15.2 Å². The number of nitrogens with one attached hydrogen (secondary N) is 1. The van der Waals surface area contributed by atoms with E-state index in [1.54, 1.807) is 23.4 Å². The highest BCUT2D eigenvalue weighted by molar-refractivity contribution is 7.11. The van der Waals surface area contributed by atoms with E-state index in [9.17, 15) is 23.5 Å². The number of hydrogen-bond donors (Lipinski definition) is 2. The Bertz CT molecular complexity index is 928. The summed E-state index contributed by atoms with van der Waals surface area (Å²) in [6, 6.07) is -0.589. The Morgan fingerprint density at radius 3 is 2.81 bits per heavy atom. The molecule has 1 aliphatic carbocycles. The summed E-state index contributed by atoms with van der Waals surface area (Å²) < 4.78 is 33.8. The second-order valence-electron chi connectivity index (χ2n) is 8.21. The summed E-state index contributed by atoms with van der Waals surface area (Å²) in [5.41, 5.74) is -0.174. The maximum atomic E-state index is 14.3. The van der Waals surface area contributed by atoms with Crippen LogP contribution in [-0.2, 0) is 14.3 Å². The lowest BCUT2D eigenvalue weighted by molar-refractivity contribution is -0.144. The summed E-state index contributed by atoms with van der Waals surface area (Å²) in [6.07, 6.45) is 2.43. The van der Waals surface area contributed by atoms with Crippen molar-refractivity contribution < 1.29 is 28.2 Å². The Morgan fingerprint density at radius 1 is 1.42 bits per heavy atom. The fourth-order valence-corrected chi connectivity index (χ4v) is 4.77. The van der Waals surface area contributed by atoms with Crippen molar-refractivity contribution in [3.8, 4) is 0 Å². The van der Waals surface area contributed by atoms with Gasteiger partial charge in [0.25, 0.3) is 5.92 Å². The van der Waals surface area contributed by atoms with Gasteiger partial charge >= 0.3 is 11.9 Å². The van der Waals surface area contributed by atoms with Crippen LogP contribution in [0, 0.1) is 5.41 Å². The van der Waals surface area contributed by atoms with E-state index >= 15 is 0 Å². The number of aliphatic carboxylic acids is 1. The predicted molar refractivity (Wildman–Crippen MR) is 109 cm³/mol. The average molecular weight is 454 g/mol. The molecule has 0 spiro atoms. The standard InChI is InChI=1S/C20H24F2N4O4S/c1-2-30-17(27)13-9-24-15(16-23-5-6-31-16)25-14(13)10-26-11-20(21,22)8-12(26)7-19(3-4-19)18(28)29/h5-6,12H,2-4,7-11H2,1H3,(H,24,25)(H,28,29). The lowest BCUT2D eigenvalue weighted by Gasteiger charge is -2.29. The molecule has 1 saturated carbocycles. The maximum Gasteiger partial charge on any atom is 0.337 e. The van der Waals surface area contributed by atoms with Gasteiger partial charge in [-0.15, -0.1) is 11.3 Å². The third kappa shape index (κ3) is 4.62. The van der Waals surface area contributed by atoms with Gasteiger partial charge in [0.1, 0.15) is 0 Å². The number of halogens is 2. The second kappa shape index (κ2) is 8.27. The molecule has 2 aliphatic heterocycles. The molecule has 3 heterocycles. The molecule has 1 saturated heterocycles. The number of esters is 1. The number of carboxylic acids is 1. The smallest absolute Gasteiger partial charge is 0.337 e. The van der Waals surface area contributed by atoms with Gasteiger partial charge in [-0.25, -0.2) is 18.6 Å². The van der Waals surface area contributed by atoms with Crippen molar-refractivity contribution in [2.24, 2.45) is 10.4 Å². The molecule has 0 aromatic carbocycles. The maximum absolute atomic E-state index is 14.3. The molecule has 1 aromatic rings. The second-order valence-corrected chi connectivity index (χ2v) is 9.11. The van der Waals surface area contributed by atoms with Crippen LogP contribution in [0.1, 0.15) is 37.6 Å². The van der Waals surface area contributed by atoms with E-state index in [1.165, 1.54) is 11.3 Å². The van der Waals surface area contributed by atoms with E-state index in [-0.39, 0.29) is 31.7 Å². The Kier molecular flexibility index (Phi) is 5.82. The molecule has 2 N–H and O–H groups in total. The molecule has 2 fully saturated rings. The zero-order chi connectivity index (χ0) is 22.2. The first kappa shape index (κ1) is 21.8. The van der Waals surface area contributed by atoms with Crippen molar-refractivity contribution in [3.05, 3.63) is 27.9 Å². The quantitative estimate of drug-likeness (QED) is 0.581. The number of amidine groups is 1. The van der Waals surface area contributed by atoms with Crippen LogP contribution < -0.4 is 5.32 Å². The lowest BCUT2D eigenvalue weighted by atomic mass is 9.95. The number of alkyl halides is 2. The van der Waals surface area contributed by atoms with Crippen LogP contribution in [0.5, 0.6) is 0 Å². The molecule has 8 nitrogen and oxygen atoms in total. The van der Waals surface area contributed by atoms with Gasteiger partial charge in [-0.3, -0.25) is 14.7 Å². The SMILES string of the molecule is CCOC(=O)C1=C(CN2CC(F)(F)CC2CC2(C(=O)O)CC2)NC(c2nccs2)=NC1. The first-order valence-electron chi connectivity index (χ1n) is 10.2. The summed E-state index contributed by atoms with van der Waals surface area (Å²) in [7, 11) is 0. The Morgan fingerprint density at radius 2 is 2.19 bits per heavy atom. The van der Waals surface area contributed by atoms with Crippen LogP contribution in [0.2, 0.25) is 0 Å². The van der Waals surface area contributed by atoms with E-state index in [4.69, 9.17) is 4.74 Å². The normalized spacial score (nSPS) is 24.5. The van der Waals surface area contributed by atoms with Gasteiger partial charge in [0.15, 0.2) is 10.8 Å². The average Bonchev–Trinajstić information content (AvgIpc) is 3.17. The fraction of sp³-hybridized carbons (Fsp3) is 0.600. The van der Waals surface area contributed by atoms with Crippen LogP contribution in [0.4, 0.5) is 8.78 Å². The number of ether oxygens (including phenoxy) is 1. The minimum atomic E-state index is -2.91. The summed E-state index contributed by atoms with van der Waals surface area (Å²) in [6.45, 7) is 1.50. The first-order valence-corrected chi connectivity index (χ1v) is 11.1. The monoisotopic (exact) mass is 454 g/mol. The van der Waals surface area contributed by atoms with Crippen molar-refractivity contribution in [1.29, 1.82) is 0 Å². The number of carbonyl (C=O) groups is 2. The van der Waals surface area contributed by atoms with E-state index in [0.29, 0.717) is 29.4 Å². The molecule has 11 heteroatoms. The van der Waals surface area contributed by atoms with Gasteiger partial charge in [0.05, 0.1) is 30.7 Å². The summed E-state index contributed by atoms with van der Waals surface area (Å²) in [5.74, 6) is -3.91. The number of aliphatic imine (C=N–C) groups is 1. The third-order valence-corrected chi connectivity index (χ3v) is 6.75. The summed E-state index contributed by atoms with van der Waals surface area (Å²) >= 11 is 1.37. The van der Waals surface area contributed by atoms with Crippen LogP contribution in [0.25, 0.3) is 0 Å². The van der Waals surface area contributed by atoms with Gasteiger partial charge in [-0.2, -0.15) is 0 Å². The van der Waals surface area contributed by atoms with Crippen LogP contribution in [0.3, 0.4) is 0 Å². The number of nitrogens with zero attached hydrogens (tertiary/aromatic N) is 3. The highest BCUT2D eigenvalue weighted by atomic mass is 32.1. The minimum absolute atomic E-state index is 0.0501. The zero-order valence-corrected chi connectivity index (χ0v) is 17.9. The molecular formula is C20H24F2N4O4S. The lowest BCUT2D eigenvalue weighted by Crippen LogP contribution is -2.42. The van der Waals surface area contributed by atoms with Crippen molar-refractivity contribution >= 4 is 29.1 Å². The number of carboxylic acid groups (broad SMARTS) is 1. The molecule has 3 aliphatic rings. The number of rotatable bonds is 8. The number of aromatic nitrogens is 1. The van der Waals surface area contributed by atoms with E-state index in [0.717, 1.165) is 0 Å². The van der Waals surface area contributed by atoms with Crippen LogP contribution in [0.15, 0.2) is 27.8 Å². The molecule has 1 atom stereocenters. The van der Waals surface area contributed by atoms with Gasteiger partial charge in [-0.05, 0) is 26.2 Å². The Hall–Kier alpha value is -2.40. The topological polar surface area (TPSA) is 104 Å². The van der Waals surface area contributed by atoms with E-state index in [2.05, 4.69) is 15.3 Å². The Labute approximate surface area is 182 Å². The van der Waals surface area contributed by atoms with E-state index < -0.39 is 42.3 Å². The van der Waals surface area contributed by atoms with Crippen molar-refractivity contribution in [3.63, 3.8) is 0 Å². The molecule has 0 bridgehead atoms.